The fraction of sp³-hybridized carbons (Fsp3) is 0.474. The largest absolute Gasteiger partial charge is 0.355 e. The second kappa shape index (κ2) is 8.63. The van der Waals surface area contributed by atoms with Gasteiger partial charge < -0.3 is 9.80 Å². The van der Waals surface area contributed by atoms with Crippen LogP contribution in [0.4, 0.5) is 11.6 Å². The van der Waals surface area contributed by atoms with Crippen LogP contribution < -0.4 is 9.80 Å². The van der Waals surface area contributed by atoms with Gasteiger partial charge in [0, 0.05) is 39.3 Å². The molecule has 4 rings (SSSR count). The maximum absolute atomic E-state index is 12.9. The Hall–Kier alpha value is -1.61. The number of nitrogens with zero attached hydrogens (tertiary/aromatic N) is 5. The van der Waals surface area contributed by atoms with Gasteiger partial charge in [-0.25, -0.2) is 8.42 Å². The minimum atomic E-state index is -3.61. The molecule has 0 N–H and O–H groups in total. The second-order valence-electron chi connectivity index (χ2n) is 7.26. The average molecular weight is 456 g/mol. The van der Waals surface area contributed by atoms with Crippen LogP contribution in [0.1, 0.15) is 19.3 Å². The van der Waals surface area contributed by atoms with Crippen molar-refractivity contribution in [2.75, 3.05) is 49.1 Å². The zero-order chi connectivity index (χ0) is 20.4. The Morgan fingerprint density at radius 3 is 1.86 bits per heavy atom. The van der Waals surface area contributed by atoms with E-state index in [0.29, 0.717) is 31.2 Å². The van der Waals surface area contributed by atoms with E-state index in [2.05, 4.69) is 20.0 Å². The van der Waals surface area contributed by atoms with Gasteiger partial charge in [-0.3, -0.25) is 0 Å². The predicted octanol–water partition coefficient (Wildman–Crippen LogP) is 3.28. The molecule has 2 aromatic rings. The van der Waals surface area contributed by atoms with Crippen LogP contribution in [0.2, 0.25) is 10.0 Å². The SMILES string of the molecule is O=S(=O)(c1ccc(Cl)c(Cl)c1)N1CCN(c2ccc(N3CCCCC3)nn2)CC1. The number of piperidine rings is 1. The highest BCUT2D eigenvalue weighted by molar-refractivity contribution is 7.89. The third-order valence-corrected chi connectivity index (χ3v) is 8.04. The van der Waals surface area contributed by atoms with Gasteiger partial charge in [0.2, 0.25) is 10.0 Å². The topological polar surface area (TPSA) is 69.6 Å². The summed E-state index contributed by atoms with van der Waals surface area (Å²) in [6, 6.07) is 8.37. The van der Waals surface area contributed by atoms with Gasteiger partial charge in [-0.15, -0.1) is 10.2 Å². The normalized spacial score (nSPS) is 18.8. The minimum absolute atomic E-state index is 0.158. The van der Waals surface area contributed by atoms with Gasteiger partial charge in [0.25, 0.3) is 0 Å². The molecule has 156 valence electrons. The number of hydrogen-bond acceptors (Lipinski definition) is 6. The Labute approximate surface area is 181 Å². The summed E-state index contributed by atoms with van der Waals surface area (Å²) >= 11 is 11.9. The van der Waals surface area contributed by atoms with Crippen LogP contribution in [0.5, 0.6) is 0 Å². The lowest BCUT2D eigenvalue weighted by molar-refractivity contribution is 0.383. The first-order chi connectivity index (χ1) is 13.9. The first-order valence-corrected chi connectivity index (χ1v) is 11.9. The Morgan fingerprint density at radius 2 is 1.31 bits per heavy atom. The van der Waals surface area contributed by atoms with Gasteiger partial charge in [-0.1, -0.05) is 23.2 Å². The number of hydrogen-bond donors (Lipinski definition) is 0. The zero-order valence-corrected chi connectivity index (χ0v) is 18.3. The molecule has 0 unspecified atom stereocenters. The molecule has 0 saturated carbocycles. The molecule has 0 bridgehead atoms. The van der Waals surface area contributed by atoms with E-state index < -0.39 is 10.0 Å². The van der Waals surface area contributed by atoms with Gasteiger partial charge in [-0.05, 0) is 49.6 Å². The number of benzene rings is 1. The van der Waals surface area contributed by atoms with E-state index in [1.807, 2.05) is 12.1 Å². The summed E-state index contributed by atoms with van der Waals surface area (Å²) in [4.78, 5) is 4.49. The molecule has 2 aliphatic rings. The van der Waals surface area contributed by atoms with E-state index in [1.165, 1.54) is 41.8 Å². The van der Waals surface area contributed by atoms with Gasteiger partial charge in [-0.2, -0.15) is 4.31 Å². The molecule has 3 heterocycles. The molecule has 0 aliphatic carbocycles. The lowest BCUT2D eigenvalue weighted by Gasteiger charge is -2.34. The summed E-state index contributed by atoms with van der Waals surface area (Å²) in [6.45, 7) is 3.91. The maximum atomic E-state index is 12.9. The third-order valence-electron chi connectivity index (χ3n) is 5.41. The number of piperazine rings is 1. The number of rotatable bonds is 4. The molecular formula is C19H23Cl2N5O2S. The van der Waals surface area contributed by atoms with Crippen molar-refractivity contribution >= 4 is 44.9 Å². The molecule has 10 heteroatoms. The molecule has 1 aromatic heterocycles. The Balaban J connectivity index is 1.40. The molecule has 0 spiro atoms. The monoisotopic (exact) mass is 455 g/mol. The molecule has 2 aliphatic heterocycles. The summed E-state index contributed by atoms with van der Waals surface area (Å²) in [6.07, 6.45) is 3.66. The van der Waals surface area contributed by atoms with Crippen molar-refractivity contribution in [1.29, 1.82) is 0 Å². The van der Waals surface area contributed by atoms with Crippen LogP contribution in [0.3, 0.4) is 0 Å². The number of halogens is 2. The van der Waals surface area contributed by atoms with Crippen molar-refractivity contribution in [3.63, 3.8) is 0 Å². The lowest BCUT2D eigenvalue weighted by Crippen LogP contribution is -2.49. The molecule has 0 amide bonds. The number of aromatic nitrogens is 2. The Bertz CT molecular complexity index is 957. The van der Waals surface area contributed by atoms with Crippen LogP contribution in [0.25, 0.3) is 0 Å². The van der Waals surface area contributed by atoms with E-state index in [-0.39, 0.29) is 9.92 Å². The highest BCUT2D eigenvalue weighted by atomic mass is 35.5. The standard InChI is InChI=1S/C19H23Cl2N5O2S/c20-16-5-4-15(14-17(16)21)29(27,28)26-12-10-25(11-13-26)19-7-6-18(22-23-19)24-8-2-1-3-9-24/h4-7,14H,1-3,8-13H2. The van der Waals surface area contributed by atoms with Gasteiger partial charge in [0.15, 0.2) is 11.6 Å². The second-order valence-corrected chi connectivity index (χ2v) is 10.0. The van der Waals surface area contributed by atoms with Crippen LogP contribution in [-0.2, 0) is 10.0 Å². The van der Waals surface area contributed by atoms with Crippen LogP contribution in [0.15, 0.2) is 35.2 Å². The molecular weight excluding hydrogens is 433 g/mol. The Kier molecular flexibility index (Phi) is 6.15. The molecule has 0 radical (unpaired) electrons. The summed E-state index contributed by atoms with van der Waals surface area (Å²) in [5, 5.41) is 9.33. The summed E-state index contributed by atoms with van der Waals surface area (Å²) in [5.74, 6) is 1.69. The van der Waals surface area contributed by atoms with E-state index in [0.717, 1.165) is 24.7 Å². The Morgan fingerprint density at radius 1 is 0.724 bits per heavy atom. The molecule has 29 heavy (non-hydrogen) atoms. The zero-order valence-electron chi connectivity index (χ0n) is 16.0. The first kappa shape index (κ1) is 20.7. The smallest absolute Gasteiger partial charge is 0.243 e. The predicted molar refractivity (Wildman–Crippen MR) is 116 cm³/mol. The highest BCUT2D eigenvalue weighted by Crippen LogP contribution is 2.27. The highest BCUT2D eigenvalue weighted by Gasteiger charge is 2.29. The van der Waals surface area contributed by atoms with Crippen molar-refractivity contribution < 1.29 is 8.42 Å². The van der Waals surface area contributed by atoms with Crippen molar-refractivity contribution in [2.45, 2.75) is 24.2 Å². The van der Waals surface area contributed by atoms with E-state index in [4.69, 9.17) is 23.2 Å². The van der Waals surface area contributed by atoms with Crippen LogP contribution in [0, 0.1) is 0 Å². The first-order valence-electron chi connectivity index (χ1n) is 9.74. The van der Waals surface area contributed by atoms with Crippen LogP contribution in [-0.4, -0.2) is 62.2 Å². The van der Waals surface area contributed by atoms with E-state index in [1.54, 1.807) is 0 Å². The summed E-state index contributed by atoms with van der Waals surface area (Å²) < 4.78 is 27.2. The van der Waals surface area contributed by atoms with Gasteiger partial charge >= 0.3 is 0 Å². The van der Waals surface area contributed by atoms with Crippen molar-refractivity contribution in [3.05, 3.63) is 40.4 Å². The number of anilines is 2. The van der Waals surface area contributed by atoms with E-state index in [9.17, 15) is 8.42 Å². The molecule has 7 nitrogen and oxygen atoms in total. The fourth-order valence-corrected chi connectivity index (χ4v) is 5.53. The molecule has 1 aromatic carbocycles. The molecule has 2 saturated heterocycles. The lowest BCUT2D eigenvalue weighted by atomic mass is 10.1. The van der Waals surface area contributed by atoms with Crippen molar-refractivity contribution in [3.8, 4) is 0 Å². The average Bonchev–Trinajstić information content (AvgIpc) is 2.76. The third kappa shape index (κ3) is 4.45. The number of sulfonamides is 1. The van der Waals surface area contributed by atoms with Crippen molar-refractivity contribution in [2.24, 2.45) is 0 Å². The van der Waals surface area contributed by atoms with Gasteiger partial charge in [0.05, 0.1) is 14.9 Å². The minimum Gasteiger partial charge on any atom is -0.355 e. The van der Waals surface area contributed by atoms with Gasteiger partial charge in [0.1, 0.15) is 0 Å². The van der Waals surface area contributed by atoms with Crippen molar-refractivity contribution in [1.82, 2.24) is 14.5 Å². The summed E-state index contributed by atoms with van der Waals surface area (Å²) in [7, 11) is -3.61. The molecule has 2 fully saturated rings. The summed E-state index contributed by atoms with van der Waals surface area (Å²) in [5.41, 5.74) is 0. The van der Waals surface area contributed by atoms with E-state index >= 15 is 0 Å². The fourth-order valence-electron chi connectivity index (χ4n) is 3.72. The maximum Gasteiger partial charge on any atom is 0.243 e. The molecule has 0 atom stereocenters. The van der Waals surface area contributed by atoms with Crippen LogP contribution >= 0.6 is 23.2 Å². The quantitative estimate of drug-likeness (QED) is 0.704.